The van der Waals surface area contributed by atoms with Crippen LogP contribution in [0.5, 0.6) is 0 Å². The van der Waals surface area contributed by atoms with Gasteiger partial charge in [0.1, 0.15) is 0 Å². The zero-order valence-corrected chi connectivity index (χ0v) is 9.41. The molecule has 8 heteroatoms. The van der Waals surface area contributed by atoms with Gasteiger partial charge in [-0.05, 0) is 6.92 Å². The van der Waals surface area contributed by atoms with E-state index >= 15 is 0 Å². The number of esters is 1. The highest BCUT2D eigenvalue weighted by molar-refractivity contribution is 5.85. The normalized spacial score (nSPS) is 15.5. The number of ether oxygens (including phenoxy) is 1. The molecule has 17 heavy (non-hydrogen) atoms. The Morgan fingerprint density at radius 2 is 1.88 bits per heavy atom. The third-order valence-corrected chi connectivity index (χ3v) is 1.79. The lowest BCUT2D eigenvalue weighted by molar-refractivity contribution is -0.170. The van der Waals surface area contributed by atoms with Crippen molar-refractivity contribution < 1.29 is 34.4 Å². The summed E-state index contributed by atoms with van der Waals surface area (Å²) >= 11 is 0. The Kier molecular flexibility index (Phi) is 6.15. The summed E-state index contributed by atoms with van der Waals surface area (Å²) in [5, 5.41) is 28.5. The van der Waals surface area contributed by atoms with Gasteiger partial charge in [-0.25, -0.2) is 9.59 Å². The van der Waals surface area contributed by atoms with Gasteiger partial charge in [0.05, 0.1) is 12.7 Å². The number of carboxylic acids is 1. The van der Waals surface area contributed by atoms with Crippen LogP contribution < -0.4 is 5.32 Å². The van der Waals surface area contributed by atoms with Crippen LogP contribution in [0, 0.1) is 0 Å². The Morgan fingerprint density at radius 3 is 2.18 bits per heavy atom. The van der Waals surface area contributed by atoms with Gasteiger partial charge in [-0.1, -0.05) is 0 Å². The van der Waals surface area contributed by atoms with E-state index < -0.39 is 42.7 Å². The quantitative estimate of drug-likeness (QED) is 0.395. The van der Waals surface area contributed by atoms with Crippen LogP contribution in [0.3, 0.4) is 0 Å². The first kappa shape index (κ1) is 15.3. The van der Waals surface area contributed by atoms with Crippen LogP contribution in [0.1, 0.15) is 13.8 Å². The predicted octanol–water partition coefficient (Wildman–Crippen LogP) is -2.14. The van der Waals surface area contributed by atoms with E-state index in [0.29, 0.717) is 0 Å². The first-order valence-corrected chi connectivity index (χ1v) is 4.79. The third kappa shape index (κ3) is 5.27. The van der Waals surface area contributed by atoms with Gasteiger partial charge in [0.15, 0.2) is 6.04 Å². The van der Waals surface area contributed by atoms with E-state index in [9.17, 15) is 19.5 Å². The van der Waals surface area contributed by atoms with E-state index in [1.165, 1.54) is 6.92 Å². The molecule has 0 spiro atoms. The molecule has 3 atom stereocenters. The molecule has 8 nitrogen and oxygen atoms in total. The lowest BCUT2D eigenvalue weighted by atomic mass is 10.2. The van der Waals surface area contributed by atoms with Crippen molar-refractivity contribution >= 4 is 17.8 Å². The van der Waals surface area contributed by atoms with Gasteiger partial charge in [-0.3, -0.25) is 4.79 Å². The average molecular weight is 249 g/mol. The minimum absolute atomic E-state index is 0.580. The number of hydrogen-bond donors (Lipinski definition) is 4. The van der Waals surface area contributed by atoms with Crippen LogP contribution in [0.4, 0.5) is 0 Å². The van der Waals surface area contributed by atoms with Crippen molar-refractivity contribution in [2.24, 2.45) is 0 Å². The molecular formula is C9H15NO7. The number of amides is 1. The highest BCUT2D eigenvalue weighted by Gasteiger charge is 2.30. The van der Waals surface area contributed by atoms with E-state index in [1.807, 2.05) is 0 Å². The first-order chi connectivity index (χ1) is 7.79. The minimum atomic E-state index is -1.72. The number of carbonyl (C=O) groups excluding carboxylic acids is 2. The van der Waals surface area contributed by atoms with Gasteiger partial charge in [0.25, 0.3) is 0 Å². The van der Waals surface area contributed by atoms with Crippen molar-refractivity contribution in [3.63, 3.8) is 0 Å². The van der Waals surface area contributed by atoms with E-state index in [4.69, 9.17) is 10.2 Å². The monoisotopic (exact) mass is 249 g/mol. The van der Waals surface area contributed by atoms with Crippen molar-refractivity contribution in [3.05, 3.63) is 0 Å². The van der Waals surface area contributed by atoms with Crippen LogP contribution in [-0.2, 0) is 19.1 Å². The van der Waals surface area contributed by atoms with Gasteiger partial charge < -0.3 is 25.4 Å². The Bertz CT molecular complexity index is 302. The average Bonchev–Trinajstić information content (AvgIpc) is 2.20. The second-order valence-corrected chi connectivity index (χ2v) is 3.37. The van der Waals surface area contributed by atoms with E-state index in [-0.39, 0.29) is 0 Å². The third-order valence-electron chi connectivity index (χ3n) is 1.79. The molecule has 0 heterocycles. The van der Waals surface area contributed by atoms with E-state index in [0.717, 1.165) is 6.92 Å². The molecule has 0 bridgehead atoms. The van der Waals surface area contributed by atoms with Crippen LogP contribution in [0.25, 0.3) is 0 Å². The van der Waals surface area contributed by atoms with Crippen LogP contribution >= 0.6 is 0 Å². The molecule has 0 aliphatic rings. The number of nitrogens with one attached hydrogen (secondary N) is 1. The van der Waals surface area contributed by atoms with Crippen molar-refractivity contribution in [1.82, 2.24) is 5.32 Å². The number of rotatable bonds is 6. The number of aliphatic carboxylic acids is 1. The number of carbonyl (C=O) groups is 3. The summed E-state index contributed by atoms with van der Waals surface area (Å²) in [4.78, 5) is 32.7. The molecule has 0 aromatic heterocycles. The molecule has 3 unspecified atom stereocenters. The fourth-order valence-corrected chi connectivity index (χ4v) is 0.975. The Morgan fingerprint density at radius 1 is 1.35 bits per heavy atom. The highest BCUT2D eigenvalue weighted by Crippen LogP contribution is 2.01. The molecule has 0 fully saturated rings. The van der Waals surface area contributed by atoms with Gasteiger partial charge in [0, 0.05) is 6.92 Å². The molecule has 1 amide bonds. The topological polar surface area (TPSA) is 133 Å². The second kappa shape index (κ2) is 6.81. The molecule has 0 saturated carbocycles. The minimum Gasteiger partial charge on any atom is -0.478 e. The SMILES string of the molecule is CC(=O)NC(C(=O)OC(CO)C(=O)O)C(C)O. The number of carboxylic acid groups (broad SMARTS) is 1. The number of hydrogen-bond acceptors (Lipinski definition) is 6. The van der Waals surface area contributed by atoms with Gasteiger partial charge in [-0.15, -0.1) is 0 Å². The predicted molar refractivity (Wildman–Crippen MR) is 53.9 cm³/mol. The smallest absolute Gasteiger partial charge is 0.347 e. The maximum atomic E-state index is 11.4. The molecule has 0 aliphatic carbocycles. The van der Waals surface area contributed by atoms with Crippen molar-refractivity contribution in [2.75, 3.05) is 6.61 Å². The standard InChI is InChI=1S/C9H15NO7/c1-4(12)7(10-5(2)13)9(16)17-6(3-11)8(14)15/h4,6-7,11-12H,3H2,1-2H3,(H,10,13)(H,14,15). The van der Waals surface area contributed by atoms with Crippen molar-refractivity contribution in [1.29, 1.82) is 0 Å². The van der Waals surface area contributed by atoms with E-state index in [1.54, 1.807) is 0 Å². The molecule has 0 saturated heterocycles. The van der Waals surface area contributed by atoms with Gasteiger partial charge in [0.2, 0.25) is 12.0 Å². The zero-order valence-electron chi connectivity index (χ0n) is 9.41. The highest BCUT2D eigenvalue weighted by atomic mass is 16.6. The maximum Gasteiger partial charge on any atom is 0.347 e. The largest absolute Gasteiger partial charge is 0.478 e. The molecule has 0 aromatic rings. The molecule has 4 N–H and O–H groups in total. The molecule has 0 radical (unpaired) electrons. The zero-order chi connectivity index (χ0) is 13.6. The summed E-state index contributed by atoms with van der Waals surface area (Å²) in [6, 6.07) is -1.37. The summed E-state index contributed by atoms with van der Waals surface area (Å²) < 4.78 is 4.42. The van der Waals surface area contributed by atoms with Crippen molar-refractivity contribution in [2.45, 2.75) is 32.1 Å². The van der Waals surface area contributed by atoms with Crippen LogP contribution in [0.15, 0.2) is 0 Å². The van der Waals surface area contributed by atoms with Gasteiger partial charge >= 0.3 is 11.9 Å². The molecule has 0 aliphatic heterocycles. The lowest BCUT2D eigenvalue weighted by Crippen LogP contribution is -2.49. The fourth-order valence-electron chi connectivity index (χ4n) is 0.975. The summed E-state index contributed by atoms with van der Waals surface area (Å²) in [7, 11) is 0. The summed E-state index contributed by atoms with van der Waals surface area (Å²) in [6.45, 7) is 1.47. The van der Waals surface area contributed by atoms with Crippen LogP contribution in [-0.4, -0.2) is 58.0 Å². The Balaban J connectivity index is 4.62. The number of aliphatic hydroxyl groups is 2. The summed E-state index contributed by atoms with van der Waals surface area (Å²) in [5.41, 5.74) is 0. The van der Waals surface area contributed by atoms with E-state index in [2.05, 4.69) is 10.1 Å². The summed E-state index contributed by atoms with van der Waals surface area (Å²) in [5.74, 6) is -3.23. The Labute approximate surface area is 97.2 Å². The molecular weight excluding hydrogens is 234 g/mol. The lowest BCUT2D eigenvalue weighted by Gasteiger charge is -2.21. The Hall–Kier alpha value is -1.67. The number of aliphatic hydroxyl groups excluding tert-OH is 2. The van der Waals surface area contributed by atoms with Gasteiger partial charge in [-0.2, -0.15) is 0 Å². The maximum absolute atomic E-state index is 11.4. The fraction of sp³-hybridized carbons (Fsp3) is 0.667. The second-order valence-electron chi connectivity index (χ2n) is 3.37. The summed E-state index contributed by atoms with van der Waals surface area (Å²) in [6.07, 6.45) is -2.97. The molecule has 98 valence electrons. The van der Waals surface area contributed by atoms with Crippen molar-refractivity contribution in [3.8, 4) is 0 Å². The molecule has 0 rings (SSSR count). The first-order valence-electron chi connectivity index (χ1n) is 4.79. The van der Waals surface area contributed by atoms with Crippen LogP contribution in [0.2, 0.25) is 0 Å². The molecule has 0 aromatic carbocycles.